The van der Waals surface area contributed by atoms with Gasteiger partial charge in [0.25, 0.3) is 11.8 Å². The number of carboxylic acids is 1. The molecule has 7 nitrogen and oxygen atoms in total. The van der Waals surface area contributed by atoms with E-state index in [9.17, 15) is 32.7 Å². The van der Waals surface area contributed by atoms with Crippen LogP contribution in [0.5, 0.6) is 0 Å². The molecule has 3 rings (SSSR count). The normalized spacial score (nSPS) is 11.7. The number of carbonyl (C=O) groups excluding carboxylic acids is 2. The summed E-state index contributed by atoms with van der Waals surface area (Å²) in [6.45, 7) is 0. The molecule has 37 heavy (non-hydrogen) atoms. The Kier molecular flexibility index (Phi) is 11.2. The second-order valence-electron chi connectivity index (χ2n) is 7.65. The van der Waals surface area contributed by atoms with Gasteiger partial charge in [0.05, 0.1) is 11.1 Å². The predicted octanol–water partition coefficient (Wildman–Crippen LogP) is 2.07. The summed E-state index contributed by atoms with van der Waals surface area (Å²) in [7, 11) is 0. The van der Waals surface area contributed by atoms with Gasteiger partial charge in [-0.15, -0.1) is 0 Å². The van der Waals surface area contributed by atoms with Gasteiger partial charge >= 0.3 is 41.7 Å². The van der Waals surface area contributed by atoms with Crippen molar-refractivity contribution < 1.29 is 63.6 Å². The smallest absolute Gasteiger partial charge is 1.00 e. The van der Waals surface area contributed by atoms with Crippen LogP contribution >= 0.6 is 11.8 Å². The summed E-state index contributed by atoms with van der Waals surface area (Å²) in [6, 6.07) is 12.5. The van der Waals surface area contributed by atoms with Crippen molar-refractivity contribution in [2.24, 2.45) is 0 Å². The number of hydrogen-bond acceptors (Lipinski definition) is 5. The number of carboxylic acid groups (broad SMARTS) is 1. The molecule has 0 aliphatic carbocycles. The standard InChI is InChI=1S/C25H22F3N3O4S.Na.H/c1-36-12-10-21(24(34)35)31-22(32)17-8-7-16(13-18(17)15-5-3-2-4-6-15)30-23(33)19-14-29-11-9-20(19)25(26,27)28;;/h2-9,11,13-14,21H,10,12H2,1H3,(H,30,33)(H,31,32)(H,34,35);;/q;+1;-1. The van der Waals surface area contributed by atoms with Gasteiger partial charge in [0, 0.05) is 23.6 Å². The Balaban J connectivity index is 0.00000361. The molecule has 0 radical (unpaired) electrons. The van der Waals surface area contributed by atoms with Crippen LogP contribution in [0.3, 0.4) is 0 Å². The van der Waals surface area contributed by atoms with Crippen molar-refractivity contribution in [3.63, 3.8) is 0 Å². The van der Waals surface area contributed by atoms with Gasteiger partial charge < -0.3 is 17.2 Å². The van der Waals surface area contributed by atoms with Crippen LogP contribution in [0, 0.1) is 0 Å². The molecule has 1 aromatic heterocycles. The van der Waals surface area contributed by atoms with Gasteiger partial charge in [0.15, 0.2) is 0 Å². The molecule has 0 saturated heterocycles. The summed E-state index contributed by atoms with van der Waals surface area (Å²) in [5.74, 6) is -2.29. The monoisotopic (exact) mass is 541 g/mol. The summed E-state index contributed by atoms with van der Waals surface area (Å²) in [5.41, 5.74) is -0.531. The van der Waals surface area contributed by atoms with E-state index in [1.54, 1.807) is 30.3 Å². The zero-order valence-corrected chi connectivity index (χ0v) is 22.8. The molecule has 1 unspecified atom stereocenters. The number of rotatable bonds is 9. The molecule has 0 spiro atoms. The number of nitrogens with one attached hydrogen (secondary N) is 2. The minimum atomic E-state index is -4.75. The molecule has 0 saturated carbocycles. The Labute approximate surface area is 239 Å². The second kappa shape index (κ2) is 13.6. The molecule has 12 heteroatoms. The fourth-order valence-corrected chi connectivity index (χ4v) is 3.90. The van der Waals surface area contributed by atoms with Crippen molar-refractivity contribution in [1.29, 1.82) is 0 Å². The van der Waals surface area contributed by atoms with Crippen molar-refractivity contribution in [3.05, 3.63) is 83.7 Å². The number of pyridine rings is 1. The van der Waals surface area contributed by atoms with E-state index < -0.39 is 41.1 Å². The van der Waals surface area contributed by atoms with Gasteiger partial charge in [-0.05, 0) is 53.8 Å². The molecular weight excluding hydrogens is 518 g/mol. The maximum absolute atomic E-state index is 13.3. The average molecular weight is 542 g/mol. The first kappa shape index (κ1) is 30.4. The SMILES string of the molecule is CSCCC(NC(=O)c1ccc(NC(=O)c2cnccc2C(F)(F)F)cc1-c1ccccc1)C(=O)O.[H-].[Na+]. The number of anilines is 1. The van der Waals surface area contributed by atoms with Crippen LogP contribution < -0.4 is 40.2 Å². The molecule has 2 amide bonds. The van der Waals surface area contributed by atoms with Gasteiger partial charge in [-0.3, -0.25) is 14.6 Å². The number of nitrogens with zero attached hydrogens (tertiary/aromatic N) is 1. The Morgan fingerprint density at radius 1 is 1.05 bits per heavy atom. The van der Waals surface area contributed by atoms with E-state index in [1.165, 1.54) is 30.0 Å². The number of thioether (sulfide) groups is 1. The third kappa shape index (κ3) is 8.06. The quantitative estimate of drug-likeness (QED) is 0.358. The van der Waals surface area contributed by atoms with Crippen LogP contribution in [-0.2, 0) is 11.0 Å². The number of aliphatic carboxylic acids is 1. The van der Waals surface area contributed by atoms with Crippen molar-refractivity contribution >= 4 is 35.2 Å². The van der Waals surface area contributed by atoms with E-state index >= 15 is 0 Å². The number of alkyl halides is 3. The summed E-state index contributed by atoms with van der Waals surface area (Å²) in [6.07, 6.45) is -0.916. The summed E-state index contributed by atoms with van der Waals surface area (Å²) in [5, 5.41) is 14.4. The Morgan fingerprint density at radius 3 is 2.38 bits per heavy atom. The first-order valence-corrected chi connectivity index (χ1v) is 12.1. The zero-order valence-electron chi connectivity index (χ0n) is 21.0. The van der Waals surface area contributed by atoms with Crippen molar-refractivity contribution in [1.82, 2.24) is 10.3 Å². The van der Waals surface area contributed by atoms with Crippen LogP contribution in [0.1, 0.15) is 34.1 Å². The second-order valence-corrected chi connectivity index (χ2v) is 8.63. The van der Waals surface area contributed by atoms with Crippen LogP contribution in [-0.4, -0.2) is 45.9 Å². The Bertz CT molecular complexity index is 1270. The molecular formula is C25H23F3N3NaO4S. The number of aromatic nitrogens is 1. The zero-order chi connectivity index (χ0) is 26.3. The fraction of sp³-hybridized carbons (Fsp3) is 0.200. The third-order valence-corrected chi connectivity index (χ3v) is 5.84. The van der Waals surface area contributed by atoms with E-state index in [0.29, 0.717) is 22.9 Å². The summed E-state index contributed by atoms with van der Waals surface area (Å²) >= 11 is 1.45. The molecule has 2 aromatic carbocycles. The molecule has 1 atom stereocenters. The maximum atomic E-state index is 13.3. The van der Waals surface area contributed by atoms with Gasteiger partial charge in [-0.1, -0.05) is 30.3 Å². The largest absolute Gasteiger partial charge is 1.00 e. The third-order valence-electron chi connectivity index (χ3n) is 5.19. The van der Waals surface area contributed by atoms with Crippen LogP contribution in [0.2, 0.25) is 0 Å². The van der Waals surface area contributed by atoms with E-state index in [-0.39, 0.29) is 48.7 Å². The molecule has 0 fully saturated rings. The van der Waals surface area contributed by atoms with E-state index in [1.807, 2.05) is 6.26 Å². The fourth-order valence-electron chi connectivity index (χ4n) is 3.43. The van der Waals surface area contributed by atoms with Gasteiger partial charge in [-0.2, -0.15) is 24.9 Å². The van der Waals surface area contributed by atoms with E-state index in [2.05, 4.69) is 15.6 Å². The van der Waals surface area contributed by atoms with Gasteiger partial charge in [-0.25, -0.2) is 4.79 Å². The summed E-state index contributed by atoms with van der Waals surface area (Å²) < 4.78 is 40.0. The Morgan fingerprint density at radius 2 is 1.76 bits per heavy atom. The molecule has 3 N–H and O–H groups in total. The predicted molar refractivity (Wildman–Crippen MR) is 132 cm³/mol. The Hall–Kier alpha value is -2.86. The van der Waals surface area contributed by atoms with Crippen molar-refractivity contribution in [2.75, 3.05) is 17.3 Å². The van der Waals surface area contributed by atoms with Gasteiger partial charge in [0.2, 0.25) is 0 Å². The molecule has 190 valence electrons. The van der Waals surface area contributed by atoms with Crippen LogP contribution in [0.4, 0.5) is 18.9 Å². The average Bonchev–Trinajstić information content (AvgIpc) is 2.86. The van der Waals surface area contributed by atoms with E-state index in [4.69, 9.17) is 0 Å². The number of amides is 2. The number of halogens is 3. The minimum absolute atomic E-state index is 0. The van der Waals surface area contributed by atoms with E-state index in [0.717, 1.165) is 12.4 Å². The minimum Gasteiger partial charge on any atom is -1.00 e. The van der Waals surface area contributed by atoms with Crippen LogP contribution in [0.25, 0.3) is 11.1 Å². The molecule has 0 aliphatic heterocycles. The first-order valence-electron chi connectivity index (χ1n) is 10.7. The molecule has 0 bridgehead atoms. The molecule has 1 heterocycles. The first-order chi connectivity index (χ1) is 17.1. The van der Waals surface area contributed by atoms with Gasteiger partial charge in [0.1, 0.15) is 6.04 Å². The molecule has 3 aromatic rings. The summed E-state index contributed by atoms with van der Waals surface area (Å²) in [4.78, 5) is 40.9. The molecule has 0 aliphatic rings. The number of hydrogen-bond donors (Lipinski definition) is 3. The number of carbonyl (C=O) groups is 3. The van der Waals surface area contributed by atoms with Crippen LogP contribution in [0.15, 0.2) is 67.0 Å². The number of benzene rings is 2. The maximum Gasteiger partial charge on any atom is 1.00 e. The van der Waals surface area contributed by atoms with Crippen molar-refractivity contribution in [3.8, 4) is 11.1 Å². The van der Waals surface area contributed by atoms with Crippen molar-refractivity contribution in [2.45, 2.75) is 18.6 Å². The topological polar surface area (TPSA) is 108 Å².